The summed E-state index contributed by atoms with van der Waals surface area (Å²) in [5.41, 5.74) is 1.15. The molecule has 0 amide bonds. The summed E-state index contributed by atoms with van der Waals surface area (Å²) < 4.78 is 0.900. The van der Waals surface area contributed by atoms with Crippen molar-refractivity contribution in [3.8, 4) is 6.07 Å². The molecule has 1 aromatic rings. The summed E-state index contributed by atoms with van der Waals surface area (Å²) in [5.74, 6) is 0.0424. The molecule has 0 aromatic heterocycles. The predicted molar refractivity (Wildman–Crippen MR) is 65.6 cm³/mol. The lowest BCUT2D eigenvalue weighted by molar-refractivity contribution is 0.601. The molecular weight excluding hydrogens is 275 g/mol. The molecule has 0 aliphatic heterocycles. The fourth-order valence-corrected chi connectivity index (χ4v) is 1.67. The van der Waals surface area contributed by atoms with E-state index in [1.54, 1.807) is 0 Å². The summed E-state index contributed by atoms with van der Waals surface area (Å²) in [4.78, 5) is 0. The molecule has 0 saturated carbocycles. The molecule has 1 unspecified atom stereocenters. The summed E-state index contributed by atoms with van der Waals surface area (Å²) in [6.07, 6.45) is 0. The van der Waals surface area contributed by atoms with E-state index in [1.165, 1.54) is 0 Å². The van der Waals surface area contributed by atoms with Crippen molar-refractivity contribution in [2.75, 3.05) is 6.54 Å². The van der Waals surface area contributed by atoms with E-state index < -0.39 is 0 Å². The van der Waals surface area contributed by atoms with Crippen LogP contribution in [0.2, 0.25) is 5.02 Å². The van der Waals surface area contributed by atoms with Crippen molar-refractivity contribution in [3.63, 3.8) is 0 Å². The van der Waals surface area contributed by atoms with Crippen molar-refractivity contribution in [1.29, 1.82) is 5.26 Å². The fraction of sp³-hybridized carbons (Fsp3) is 0.364. The van der Waals surface area contributed by atoms with Gasteiger partial charge in [-0.05, 0) is 40.5 Å². The Morgan fingerprint density at radius 3 is 2.93 bits per heavy atom. The van der Waals surface area contributed by atoms with Gasteiger partial charge in [-0.15, -0.1) is 0 Å². The number of hydrogen-bond acceptors (Lipinski definition) is 2. The summed E-state index contributed by atoms with van der Waals surface area (Å²) in [6, 6.07) is 7.98. The molecule has 15 heavy (non-hydrogen) atoms. The van der Waals surface area contributed by atoms with Crippen LogP contribution in [0.5, 0.6) is 0 Å². The molecular formula is C11H12BrClN2. The number of halogens is 2. The number of nitriles is 1. The van der Waals surface area contributed by atoms with Crippen molar-refractivity contribution >= 4 is 27.5 Å². The van der Waals surface area contributed by atoms with Crippen molar-refractivity contribution in [1.82, 2.24) is 5.32 Å². The largest absolute Gasteiger partial charge is 0.311 e. The van der Waals surface area contributed by atoms with E-state index in [0.717, 1.165) is 16.6 Å². The van der Waals surface area contributed by atoms with Crippen LogP contribution < -0.4 is 5.32 Å². The number of hydrogen-bond donors (Lipinski definition) is 1. The summed E-state index contributed by atoms with van der Waals surface area (Å²) in [6.45, 7) is 3.35. The fourth-order valence-electron chi connectivity index (χ4n) is 1.13. The smallest absolute Gasteiger partial charge is 0.0666 e. The first-order valence-corrected chi connectivity index (χ1v) is 5.85. The first-order valence-electron chi connectivity index (χ1n) is 4.67. The van der Waals surface area contributed by atoms with E-state index in [2.05, 4.69) is 27.3 Å². The molecule has 80 valence electrons. The third-order valence-corrected chi connectivity index (χ3v) is 3.20. The van der Waals surface area contributed by atoms with Gasteiger partial charge in [-0.25, -0.2) is 0 Å². The van der Waals surface area contributed by atoms with Gasteiger partial charge < -0.3 is 5.32 Å². The summed E-state index contributed by atoms with van der Waals surface area (Å²) >= 11 is 9.25. The first-order chi connectivity index (χ1) is 7.13. The van der Waals surface area contributed by atoms with Gasteiger partial charge in [0.2, 0.25) is 0 Å². The minimum atomic E-state index is 0.0424. The van der Waals surface area contributed by atoms with Gasteiger partial charge in [-0.3, -0.25) is 0 Å². The maximum Gasteiger partial charge on any atom is 0.0666 e. The SMILES string of the molecule is CC(C#N)CNCc1ccc(Cl)c(Br)c1. The predicted octanol–water partition coefficient (Wildman–Crippen LogP) is 3.35. The lowest BCUT2D eigenvalue weighted by Gasteiger charge is -2.06. The van der Waals surface area contributed by atoms with E-state index in [0.29, 0.717) is 11.6 Å². The maximum atomic E-state index is 8.60. The lowest BCUT2D eigenvalue weighted by atomic mass is 10.2. The van der Waals surface area contributed by atoms with Crippen LogP contribution in [0.3, 0.4) is 0 Å². The Labute approximate surface area is 103 Å². The van der Waals surface area contributed by atoms with Crippen molar-refractivity contribution < 1.29 is 0 Å². The monoisotopic (exact) mass is 286 g/mol. The van der Waals surface area contributed by atoms with Crippen molar-refractivity contribution in [2.24, 2.45) is 5.92 Å². The summed E-state index contributed by atoms with van der Waals surface area (Å²) in [5, 5.41) is 12.5. The van der Waals surface area contributed by atoms with Crippen LogP contribution in [-0.4, -0.2) is 6.54 Å². The van der Waals surface area contributed by atoms with Crippen LogP contribution in [0.1, 0.15) is 12.5 Å². The third-order valence-electron chi connectivity index (χ3n) is 1.98. The van der Waals surface area contributed by atoms with E-state index in [9.17, 15) is 0 Å². The van der Waals surface area contributed by atoms with Crippen LogP contribution in [0.15, 0.2) is 22.7 Å². The Kier molecular flexibility index (Phi) is 5.10. The molecule has 0 radical (unpaired) electrons. The maximum absolute atomic E-state index is 8.60. The molecule has 0 heterocycles. The van der Waals surface area contributed by atoms with Crippen molar-refractivity contribution in [2.45, 2.75) is 13.5 Å². The Hall–Kier alpha value is -0.560. The van der Waals surface area contributed by atoms with Gasteiger partial charge in [0.05, 0.1) is 17.0 Å². The Bertz CT molecular complexity index is 373. The first kappa shape index (κ1) is 12.5. The normalized spacial score (nSPS) is 12.1. The average Bonchev–Trinajstić information content (AvgIpc) is 2.23. The van der Waals surface area contributed by atoms with E-state index >= 15 is 0 Å². The molecule has 1 aromatic carbocycles. The number of benzene rings is 1. The average molecular weight is 288 g/mol. The minimum Gasteiger partial charge on any atom is -0.311 e. The lowest BCUT2D eigenvalue weighted by Crippen LogP contribution is -2.19. The second-order valence-electron chi connectivity index (χ2n) is 3.41. The Morgan fingerprint density at radius 1 is 1.60 bits per heavy atom. The topological polar surface area (TPSA) is 35.8 Å². The van der Waals surface area contributed by atoms with Crippen molar-refractivity contribution in [3.05, 3.63) is 33.3 Å². The van der Waals surface area contributed by atoms with Gasteiger partial charge in [0.1, 0.15) is 0 Å². The van der Waals surface area contributed by atoms with Gasteiger partial charge in [-0.1, -0.05) is 17.7 Å². The highest BCUT2D eigenvalue weighted by molar-refractivity contribution is 9.10. The van der Waals surface area contributed by atoms with Gasteiger partial charge in [0, 0.05) is 17.6 Å². The van der Waals surface area contributed by atoms with E-state index in [4.69, 9.17) is 16.9 Å². The highest BCUT2D eigenvalue weighted by atomic mass is 79.9. The second kappa shape index (κ2) is 6.12. The summed E-state index contributed by atoms with van der Waals surface area (Å²) in [7, 11) is 0. The number of rotatable bonds is 4. The molecule has 0 fully saturated rings. The zero-order chi connectivity index (χ0) is 11.3. The highest BCUT2D eigenvalue weighted by Gasteiger charge is 2.01. The molecule has 0 aliphatic carbocycles. The molecule has 0 bridgehead atoms. The van der Waals surface area contributed by atoms with Gasteiger partial charge in [0.15, 0.2) is 0 Å². The van der Waals surface area contributed by atoms with Crippen LogP contribution in [-0.2, 0) is 6.54 Å². The van der Waals surface area contributed by atoms with Crippen LogP contribution in [0.25, 0.3) is 0 Å². The molecule has 4 heteroatoms. The Morgan fingerprint density at radius 2 is 2.33 bits per heavy atom. The zero-order valence-corrected chi connectivity index (χ0v) is 10.8. The van der Waals surface area contributed by atoms with Crippen LogP contribution in [0.4, 0.5) is 0 Å². The highest BCUT2D eigenvalue weighted by Crippen LogP contribution is 2.23. The number of nitrogens with one attached hydrogen (secondary N) is 1. The quantitative estimate of drug-likeness (QED) is 0.922. The standard InChI is InChI=1S/C11H12BrClN2/c1-8(5-14)6-15-7-9-2-3-11(13)10(12)4-9/h2-4,8,15H,6-7H2,1H3. The van der Waals surface area contributed by atoms with Crippen LogP contribution in [0, 0.1) is 17.2 Å². The molecule has 1 rings (SSSR count). The van der Waals surface area contributed by atoms with Gasteiger partial charge in [-0.2, -0.15) is 5.26 Å². The van der Waals surface area contributed by atoms with Crippen LogP contribution >= 0.6 is 27.5 Å². The second-order valence-corrected chi connectivity index (χ2v) is 4.67. The zero-order valence-electron chi connectivity index (χ0n) is 8.43. The third kappa shape index (κ3) is 4.21. The van der Waals surface area contributed by atoms with Gasteiger partial charge >= 0.3 is 0 Å². The number of nitrogens with zero attached hydrogens (tertiary/aromatic N) is 1. The molecule has 0 saturated heterocycles. The molecule has 1 atom stereocenters. The molecule has 0 aliphatic rings. The minimum absolute atomic E-state index is 0.0424. The molecule has 2 nitrogen and oxygen atoms in total. The van der Waals surface area contributed by atoms with Gasteiger partial charge in [0.25, 0.3) is 0 Å². The molecule has 1 N–H and O–H groups in total. The molecule has 0 spiro atoms. The Balaban J connectivity index is 2.45. The van der Waals surface area contributed by atoms with E-state index in [1.807, 2.05) is 25.1 Å². The van der Waals surface area contributed by atoms with E-state index in [-0.39, 0.29) is 5.92 Å².